The first kappa shape index (κ1) is 12.0. The number of carbonyl (C=O) groups excluding carboxylic acids is 1. The second kappa shape index (κ2) is 4.79. The second-order valence-electron chi connectivity index (χ2n) is 3.91. The van der Waals surface area contributed by atoms with Crippen molar-refractivity contribution in [3.05, 3.63) is 23.0 Å². The summed E-state index contributed by atoms with van der Waals surface area (Å²) in [6.07, 6.45) is 0.397. The number of nitrogens with zero attached hydrogens (tertiary/aromatic N) is 1. The standard InChI is InChI=1S/C11H13ClFN3O/c12-7-5-10(9(14)6-8(7)13)16-3-1-11(17)15-2-4-16/h5-6H,1-4,14H2,(H,15,17). The number of benzene rings is 1. The van der Waals surface area contributed by atoms with Crippen molar-refractivity contribution in [3.63, 3.8) is 0 Å². The van der Waals surface area contributed by atoms with E-state index in [9.17, 15) is 9.18 Å². The normalized spacial score (nSPS) is 16.6. The molecule has 0 radical (unpaired) electrons. The molecule has 2 rings (SSSR count). The summed E-state index contributed by atoms with van der Waals surface area (Å²) in [5.41, 5.74) is 6.77. The first-order chi connectivity index (χ1) is 8.08. The number of nitrogens with two attached hydrogens (primary N) is 1. The van der Waals surface area contributed by atoms with Gasteiger partial charge in [0.1, 0.15) is 5.82 Å². The van der Waals surface area contributed by atoms with E-state index in [1.165, 1.54) is 12.1 Å². The van der Waals surface area contributed by atoms with E-state index in [4.69, 9.17) is 17.3 Å². The third kappa shape index (κ3) is 2.61. The average molecular weight is 258 g/mol. The van der Waals surface area contributed by atoms with Gasteiger partial charge in [-0.25, -0.2) is 4.39 Å². The summed E-state index contributed by atoms with van der Waals surface area (Å²) in [6, 6.07) is 2.71. The maximum atomic E-state index is 13.2. The van der Waals surface area contributed by atoms with Crippen LogP contribution in [0.15, 0.2) is 12.1 Å². The summed E-state index contributed by atoms with van der Waals surface area (Å²) in [6.45, 7) is 1.74. The zero-order chi connectivity index (χ0) is 12.4. The lowest BCUT2D eigenvalue weighted by Crippen LogP contribution is -2.29. The van der Waals surface area contributed by atoms with Crippen molar-refractivity contribution >= 4 is 28.9 Å². The van der Waals surface area contributed by atoms with Crippen molar-refractivity contribution in [3.8, 4) is 0 Å². The number of rotatable bonds is 1. The van der Waals surface area contributed by atoms with Crippen LogP contribution in [0, 0.1) is 5.82 Å². The van der Waals surface area contributed by atoms with E-state index in [1.54, 1.807) is 0 Å². The molecule has 1 aromatic carbocycles. The van der Waals surface area contributed by atoms with E-state index in [1.807, 2.05) is 4.90 Å². The highest BCUT2D eigenvalue weighted by Gasteiger charge is 2.17. The minimum absolute atomic E-state index is 0.0132. The van der Waals surface area contributed by atoms with Crippen LogP contribution in [0.1, 0.15) is 6.42 Å². The monoisotopic (exact) mass is 257 g/mol. The molecule has 6 heteroatoms. The van der Waals surface area contributed by atoms with Crippen LogP contribution >= 0.6 is 11.6 Å². The minimum Gasteiger partial charge on any atom is -0.397 e. The third-order valence-corrected chi connectivity index (χ3v) is 3.01. The van der Waals surface area contributed by atoms with Crippen molar-refractivity contribution in [1.29, 1.82) is 0 Å². The van der Waals surface area contributed by atoms with Crippen molar-refractivity contribution in [2.45, 2.75) is 6.42 Å². The van der Waals surface area contributed by atoms with Gasteiger partial charge in [0, 0.05) is 32.1 Å². The summed E-state index contributed by atoms with van der Waals surface area (Å²) < 4.78 is 13.2. The Morgan fingerprint density at radius 3 is 2.94 bits per heavy atom. The number of hydrogen-bond acceptors (Lipinski definition) is 3. The zero-order valence-electron chi connectivity index (χ0n) is 9.17. The van der Waals surface area contributed by atoms with Crippen LogP contribution in [-0.4, -0.2) is 25.5 Å². The van der Waals surface area contributed by atoms with E-state index >= 15 is 0 Å². The molecule has 0 spiro atoms. The lowest BCUT2D eigenvalue weighted by atomic mass is 10.2. The lowest BCUT2D eigenvalue weighted by molar-refractivity contribution is -0.120. The number of nitrogen functional groups attached to an aromatic ring is 1. The summed E-state index contributed by atoms with van der Waals surface area (Å²) in [4.78, 5) is 13.1. The fourth-order valence-electron chi connectivity index (χ4n) is 1.83. The number of nitrogens with one attached hydrogen (secondary N) is 1. The van der Waals surface area contributed by atoms with Gasteiger partial charge in [0.05, 0.1) is 16.4 Å². The maximum Gasteiger partial charge on any atom is 0.221 e. The van der Waals surface area contributed by atoms with Crippen LogP contribution in [0.25, 0.3) is 0 Å². The maximum absolute atomic E-state index is 13.2. The van der Waals surface area contributed by atoms with Crippen LogP contribution in [0.3, 0.4) is 0 Å². The number of halogens is 2. The fourth-order valence-corrected chi connectivity index (χ4v) is 1.99. The predicted octanol–water partition coefficient (Wildman–Crippen LogP) is 1.39. The molecule has 1 heterocycles. The van der Waals surface area contributed by atoms with E-state index in [0.717, 1.165) is 0 Å². The van der Waals surface area contributed by atoms with Gasteiger partial charge >= 0.3 is 0 Å². The highest BCUT2D eigenvalue weighted by atomic mass is 35.5. The molecule has 0 aliphatic carbocycles. The van der Waals surface area contributed by atoms with Crippen molar-refractivity contribution in [2.24, 2.45) is 0 Å². The Kier molecular flexibility index (Phi) is 3.38. The van der Waals surface area contributed by atoms with Gasteiger partial charge in [0.25, 0.3) is 0 Å². The molecule has 3 N–H and O–H groups in total. The fraction of sp³-hybridized carbons (Fsp3) is 0.364. The van der Waals surface area contributed by atoms with E-state index < -0.39 is 5.82 Å². The summed E-state index contributed by atoms with van der Waals surface area (Å²) in [5, 5.41) is 2.80. The highest BCUT2D eigenvalue weighted by molar-refractivity contribution is 6.31. The predicted molar refractivity (Wildman–Crippen MR) is 65.7 cm³/mol. The average Bonchev–Trinajstić information content (AvgIpc) is 2.49. The Labute approximate surface area is 104 Å². The van der Waals surface area contributed by atoms with Gasteiger partial charge in [-0.1, -0.05) is 11.6 Å². The molecule has 1 fully saturated rings. The van der Waals surface area contributed by atoms with Gasteiger partial charge in [-0.3, -0.25) is 4.79 Å². The molecule has 1 aromatic rings. The number of carbonyl (C=O) groups is 1. The first-order valence-corrected chi connectivity index (χ1v) is 5.72. The van der Waals surface area contributed by atoms with Gasteiger partial charge in [-0.05, 0) is 6.07 Å². The molecule has 1 aliphatic rings. The molecule has 1 amide bonds. The van der Waals surface area contributed by atoms with Crippen LogP contribution in [0.5, 0.6) is 0 Å². The molecule has 0 bridgehead atoms. The number of anilines is 2. The second-order valence-corrected chi connectivity index (χ2v) is 4.32. The van der Waals surface area contributed by atoms with E-state index in [-0.39, 0.29) is 10.9 Å². The molecule has 4 nitrogen and oxygen atoms in total. The molecule has 0 unspecified atom stereocenters. The Morgan fingerprint density at radius 2 is 2.18 bits per heavy atom. The Hall–Kier alpha value is -1.49. The van der Waals surface area contributed by atoms with Crippen LogP contribution < -0.4 is 16.0 Å². The molecule has 17 heavy (non-hydrogen) atoms. The quantitative estimate of drug-likeness (QED) is 0.748. The van der Waals surface area contributed by atoms with Crippen molar-refractivity contribution in [2.75, 3.05) is 30.3 Å². The zero-order valence-corrected chi connectivity index (χ0v) is 9.93. The largest absolute Gasteiger partial charge is 0.397 e. The minimum atomic E-state index is -0.531. The molecule has 0 aromatic heterocycles. The first-order valence-electron chi connectivity index (χ1n) is 5.34. The van der Waals surface area contributed by atoms with Crippen molar-refractivity contribution < 1.29 is 9.18 Å². The summed E-state index contributed by atoms with van der Waals surface area (Å²) in [5.74, 6) is -0.517. The SMILES string of the molecule is Nc1cc(F)c(Cl)cc1N1CCNC(=O)CC1. The summed E-state index contributed by atoms with van der Waals surface area (Å²) in [7, 11) is 0. The van der Waals surface area contributed by atoms with Gasteiger partial charge in [0.2, 0.25) is 5.91 Å². The molecule has 1 saturated heterocycles. The van der Waals surface area contributed by atoms with E-state index in [0.29, 0.717) is 37.4 Å². The summed E-state index contributed by atoms with van der Waals surface area (Å²) >= 11 is 5.73. The Morgan fingerprint density at radius 1 is 1.41 bits per heavy atom. The Balaban J connectivity index is 2.27. The topological polar surface area (TPSA) is 58.4 Å². The van der Waals surface area contributed by atoms with Crippen molar-refractivity contribution in [1.82, 2.24) is 5.32 Å². The van der Waals surface area contributed by atoms with Gasteiger partial charge in [0.15, 0.2) is 0 Å². The number of amides is 1. The van der Waals surface area contributed by atoms with Crippen LogP contribution in [-0.2, 0) is 4.79 Å². The van der Waals surface area contributed by atoms with Crippen LogP contribution in [0.2, 0.25) is 5.02 Å². The smallest absolute Gasteiger partial charge is 0.221 e. The highest BCUT2D eigenvalue weighted by Crippen LogP contribution is 2.29. The van der Waals surface area contributed by atoms with Gasteiger partial charge in [-0.2, -0.15) is 0 Å². The lowest BCUT2D eigenvalue weighted by Gasteiger charge is -2.23. The molecule has 1 aliphatic heterocycles. The molecule has 0 saturated carbocycles. The molecule has 0 atom stereocenters. The number of hydrogen-bond donors (Lipinski definition) is 2. The molecule has 92 valence electrons. The third-order valence-electron chi connectivity index (χ3n) is 2.72. The molecular formula is C11H13ClFN3O. The van der Waals surface area contributed by atoms with E-state index in [2.05, 4.69) is 5.32 Å². The Bertz CT molecular complexity index is 453. The van der Waals surface area contributed by atoms with Crippen LogP contribution in [0.4, 0.5) is 15.8 Å². The van der Waals surface area contributed by atoms with Gasteiger partial charge in [-0.15, -0.1) is 0 Å². The molecular weight excluding hydrogens is 245 g/mol. The van der Waals surface area contributed by atoms with Gasteiger partial charge < -0.3 is 16.0 Å².